The largest absolute Gasteiger partial charge is 0.399 e. The molecule has 1 aromatic rings. The van der Waals surface area contributed by atoms with Gasteiger partial charge in [0.25, 0.3) is 0 Å². The lowest BCUT2D eigenvalue weighted by atomic mass is 9.80. The van der Waals surface area contributed by atoms with Crippen molar-refractivity contribution in [3.8, 4) is 6.07 Å². The quantitative estimate of drug-likeness (QED) is 0.669. The normalized spacial score (nSPS) is 17.2. The Hall–Kier alpha value is -1.73. The molecule has 2 rings (SSSR count). The number of rotatable bonds is 3. The van der Waals surface area contributed by atoms with Crippen LogP contribution in [-0.4, -0.2) is 17.3 Å². The highest BCUT2D eigenvalue weighted by molar-refractivity contribution is 5.63. The number of hydrogen-bond donors (Lipinski definition) is 3. The lowest BCUT2D eigenvalue weighted by molar-refractivity contribution is -0.0201. The van der Waals surface area contributed by atoms with Gasteiger partial charge in [-0.15, -0.1) is 0 Å². The van der Waals surface area contributed by atoms with Crippen LogP contribution >= 0.6 is 0 Å². The Morgan fingerprint density at radius 1 is 1.50 bits per heavy atom. The van der Waals surface area contributed by atoms with Gasteiger partial charge >= 0.3 is 0 Å². The Morgan fingerprint density at radius 3 is 2.81 bits per heavy atom. The van der Waals surface area contributed by atoms with Crippen LogP contribution < -0.4 is 11.1 Å². The first kappa shape index (κ1) is 10.8. The molecular weight excluding hydrogens is 202 g/mol. The Kier molecular flexibility index (Phi) is 2.71. The van der Waals surface area contributed by atoms with Crippen LogP contribution in [-0.2, 0) is 0 Å². The predicted molar refractivity (Wildman–Crippen MR) is 62.9 cm³/mol. The maximum absolute atomic E-state index is 9.92. The highest BCUT2D eigenvalue weighted by Gasteiger charge is 2.34. The van der Waals surface area contributed by atoms with Gasteiger partial charge in [-0.25, -0.2) is 0 Å². The summed E-state index contributed by atoms with van der Waals surface area (Å²) in [7, 11) is 0. The smallest absolute Gasteiger partial charge is 0.101 e. The van der Waals surface area contributed by atoms with Crippen molar-refractivity contribution in [1.29, 1.82) is 5.26 Å². The fourth-order valence-corrected chi connectivity index (χ4v) is 1.83. The van der Waals surface area contributed by atoms with Gasteiger partial charge in [0.2, 0.25) is 0 Å². The highest BCUT2D eigenvalue weighted by Crippen LogP contribution is 2.32. The van der Waals surface area contributed by atoms with Crippen LogP contribution in [0.3, 0.4) is 0 Å². The third-order valence-electron chi connectivity index (χ3n) is 3.06. The SMILES string of the molecule is N#Cc1cc(N)ccc1NCC1(O)CCC1. The van der Waals surface area contributed by atoms with Crippen LogP contribution in [0.25, 0.3) is 0 Å². The minimum absolute atomic E-state index is 0.492. The predicted octanol–water partition coefficient (Wildman–Crippen LogP) is 1.47. The van der Waals surface area contributed by atoms with Gasteiger partial charge in [-0.1, -0.05) is 0 Å². The first-order valence-corrected chi connectivity index (χ1v) is 5.39. The molecule has 4 nitrogen and oxygen atoms in total. The van der Waals surface area contributed by atoms with E-state index in [1.54, 1.807) is 18.2 Å². The van der Waals surface area contributed by atoms with E-state index in [4.69, 9.17) is 11.0 Å². The van der Waals surface area contributed by atoms with E-state index in [0.29, 0.717) is 17.8 Å². The van der Waals surface area contributed by atoms with E-state index in [1.165, 1.54) is 0 Å². The molecule has 0 amide bonds. The van der Waals surface area contributed by atoms with Crippen molar-refractivity contribution < 1.29 is 5.11 Å². The topological polar surface area (TPSA) is 82.1 Å². The zero-order valence-electron chi connectivity index (χ0n) is 9.03. The average Bonchev–Trinajstić information content (AvgIpc) is 2.24. The summed E-state index contributed by atoms with van der Waals surface area (Å²) in [5, 5.41) is 22.0. The Balaban J connectivity index is 2.07. The molecule has 0 unspecified atom stereocenters. The van der Waals surface area contributed by atoms with E-state index in [1.807, 2.05) is 0 Å². The van der Waals surface area contributed by atoms with Gasteiger partial charge in [0.05, 0.1) is 16.9 Å². The Bertz CT molecular complexity index is 432. The first-order chi connectivity index (χ1) is 7.63. The van der Waals surface area contributed by atoms with Crippen molar-refractivity contribution in [3.05, 3.63) is 23.8 Å². The molecule has 1 saturated carbocycles. The Labute approximate surface area is 94.7 Å². The highest BCUT2D eigenvalue weighted by atomic mass is 16.3. The number of aliphatic hydroxyl groups is 1. The summed E-state index contributed by atoms with van der Waals surface area (Å²) >= 11 is 0. The molecule has 0 radical (unpaired) electrons. The standard InChI is InChI=1S/C12H15N3O/c13-7-9-6-10(14)2-3-11(9)15-8-12(16)4-1-5-12/h2-3,6,15-16H,1,4-5,8,14H2. The number of nitriles is 1. The van der Waals surface area contributed by atoms with E-state index < -0.39 is 5.60 Å². The number of anilines is 2. The molecule has 0 saturated heterocycles. The lowest BCUT2D eigenvalue weighted by Crippen LogP contribution is -2.43. The third kappa shape index (κ3) is 2.10. The van der Waals surface area contributed by atoms with Crippen molar-refractivity contribution in [2.75, 3.05) is 17.6 Å². The monoisotopic (exact) mass is 217 g/mol. The maximum Gasteiger partial charge on any atom is 0.101 e. The molecule has 16 heavy (non-hydrogen) atoms. The zero-order valence-corrected chi connectivity index (χ0v) is 9.03. The second kappa shape index (κ2) is 4.03. The van der Waals surface area contributed by atoms with E-state index in [-0.39, 0.29) is 0 Å². The average molecular weight is 217 g/mol. The molecule has 84 valence electrons. The molecule has 1 aliphatic rings. The molecule has 4 heteroatoms. The molecule has 0 aromatic heterocycles. The van der Waals surface area contributed by atoms with Crippen LogP contribution in [0.1, 0.15) is 24.8 Å². The molecule has 1 aliphatic carbocycles. The number of nitrogen functional groups attached to an aromatic ring is 1. The number of nitrogens with one attached hydrogen (secondary N) is 1. The van der Waals surface area contributed by atoms with Crippen molar-refractivity contribution in [3.63, 3.8) is 0 Å². The van der Waals surface area contributed by atoms with Gasteiger partial charge < -0.3 is 16.2 Å². The number of nitrogens with two attached hydrogens (primary N) is 1. The van der Waals surface area contributed by atoms with E-state index >= 15 is 0 Å². The van der Waals surface area contributed by atoms with Crippen molar-refractivity contribution in [2.24, 2.45) is 0 Å². The summed E-state index contributed by atoms with van der Waals surface area (Å²) in [6.07, 6.45) is 2.73. The number of benzene rings is 1. The van der Waals surface area contributed by atoms with Crippen LogP contribution in [0.4, 0.5) is 11.4 Å². The lowest BCUT2D eigenvalue weighted by Gasteiger charge is -2.36. The van der Waals surface area contributed by atoms with Crippen LogP contribution in [0, 0.1) is 11.3 Å². The second-order valence-corrected chi connectivity index (χ2v) is 4.35. The first-order valence-electron chi connectivity index (χ1n) is 5.39. The van der Waals surface area contributed by atoms with Gasteiger partial charge in [0.1, 0.15) is 6.07 Å². The van der Waals surface area contributed by atoms with Gasteiger partial charge in [0, 0.05) is 12.2 Å². The van der Waals surface area contributed by atoms with Gasteiger partial charge in [-0.05, 0) is 37.5 Å². The second-order valence-electron chi connectivity index (χ2n) is 4.35. The molecule has 0 heterocycles. The van der Waals surface area contributed by atoms with Gasteiger partial charge in [-0.3, -0.25) is 0 Å². The van der Waals surface area contributed by atoms with E-state index in [0.717, 1.165) is 24.9 Å². The molecular formula is C12H15N3O. The summed E-state index contributed by atoms with van der Waals surface area (Å²) in [5.41, 5.74) is 6.83. The number of nitrogens with zero attached hydrogens (tertiary/aromatic N) is 1. The number of hydrogen-bond acceptors (Lipinski definition) is 4. The van der Waals surface area contributed by atoms with Crippen LogP contribution in [0.15, 0.2) is 18.2 Å². The molecule has 1 fully saturated rings. The molecule has 4 N–H and O–H groups in total. The fourth-order valence-electron chi connectivity index (χ4n) is 1.83. The molecule has 1 aromatic carbocycles. The van der Waals surface area contributed by atoms with Crippen molar-refractivity contribution >= 4 is 11.4 Å². The summed E-state index contributed by atoms with van der Waals surface area (Å²) in [6, 6.07) is 7.23. The minimum atomic E-state index is -0.589. The van der Waals surface area contributed by atoms with Gasteiger partial charge in [-0.2, -0.15) is 5.26 Å². The third-order valence-corrected chi connectivity index (χ3v) is 3.06. The molecule has 0 atom stereocenters. The molecule has 0 spiro atoms. The zero-order chi connectivity index (χ0) is 11.6. The summed E-state index contributed by atoms with van der Waals surface area (Å²) < 4.78 is 0. The van der Waals surface area contributed by atoms with Gasteiger partial charge in [0.15, 0.2) is 0 Å². The minimum Gasteiger partial charge on any atom is -0.399 e. The Morgan fingerprint density at radius 2 is 2.25 bits per heavy atom. The fraction of sp³-hybridized carbons (Fsp3) is 0.417. The van der Waals surface area contributed by atoms with Crippen LogP contribution in [0.5, 0.6) is 0 Å². The summed E-state index contributed by atoms with van der Waals surface area (Å²) in [4.78, 5) is 0. The summed E-state index contributed by atoms with van der Waals surface area (Å²) in [5.74, 6) is 0. The molecule has 0 aliphatic heterocycles. The summed E-state index contributed by atoms with van der Waals surface area (Å²) in [6.45, 7) is 0.492. The van der Waals surface area contributed by atoms with E-state index in [2.05, 4.69) is 11.4 Å². The van der Waals surface area contributed by atoms with Crippen molar-refractivity contribution in [1.82, 2.24) is 0 Å². The molecule has 0 bridgehead atoms. The van der Waals surface area contributed by atoms with Crippen molar-refractivity contribution in [2.45, 2.75) is 24.9 Å². The maximum atomic E-state index is 9.92. The van der Waals surface area contributed by atoms with E-state index in [9.17, 15) is 5.11 Å². The van der Waals surface area contributed by atoms with Crippen LogP contribution in [0.2, 0.25) is 0 Å².